The van der Waals surface area contributed by atoms with E-state index in [9.17, 15) is 4.79 Å². The van der Waals surface area contributed by atoms with Gasteiger partial charge in [0.25, 0.3) is 5.56 Å². The van der Waals surface area contributed by atoms with Crippen LogP contribution >= 0.6 is 11.3 Å². The van der Waals surface area contributed by atoms with Gasteiger partial charge in [-0.3, -0.25) is 14.8 Å². The van der Waals surface area contributed by atoms with Crippen LogP contribution in [0.5, 0.6) is 0 Å². The highest BCUT2D eigenvalue weighted by molar-refractivity contribution is 7.17. The van der Waals surface area contributed by atoms with Crippen LogP contribution in [0.4, 0.5) is 0 Å². The van der Waals surface area contributed by atoms with Crippen molar-refractivity contribution in [2.24, 2.45) is 0 Å². The monoisotopic (exact) mass is 434 g/mol. The summed E-state index contributed by atoms with van der Waals surface area (Å²) in [5.41, 5.74) is 3.84. The maximum absolute atomic E-state index is 13.4. The van der Waals surface area contributed by atoms with Gasteiger partial charge in [-0.2, -0.15) is 5.10 Å². The molecule has 0 aliphatic carbocycles. The Morgan fingerprint density at radius 2 is 1.78 bits per heavy atom. The van der Waals surface area contributed by atoms with Gasteiger partial charge in [0, 0.05) is 46.2 Å². The van der Waals surface area contributed by atoms with Crippen molar-refractivity contribution in [2.75, 3.05) is 0 Å². The van der Waals surface area contributed by atoms with Gasteiger partial charge in [0.2, 0.25) is 0 Å². The molecule has 4 aromatic heterocycles. The summed E-state index contributed by atoms with van der Waals surface area (Å²) in [6.45, 7) is 0.481. The van der Waals surface area contributed by atoms with Gasteiger partial charge in [0.05, 0.1) is 28.3 Å². The number of fused-ring (bicyclic) bond motifs is 3. The lowest BCUT2D eigenvalue weighted by Gasteiger charge is -2.08. The summed E-state index contributed by atoms with van der Waals surface area (Å²) in [5, 5.41) is 10.5. The van der Waals surface area contributed by atoms with Crippen LogP contribution in [0.1, 0.15) is 5.69 Å². The highest BCUT2D eigenvalue weighted by Gasteiger charge is 2.15. The zero-order valence-electron chi connectivity index (χ0n) is 17.1. The molecule has 5 nitrogen and oxygen atoms in total. The Bertz CT molecular complexity index is 1660. The second-order valence-corrected chi connectivity index (χ2v) is 8.62. The number of hydrogen-bond acceptors (Lipinski definition) is 5. The number of benzene rings is 2. The highest BCUT2D eigenvalue weighted by Crippen LogP contribution is 2.35. The third-order valence-electron chi connectivity index (χ3n) is 5.79. The zero-order chi connectivity index (χ0) is 21.5. The van der Waals surface area contributed by atoms with Crippen molar-refractivity contribution in [3.8, 4) is 11.1 Å². The lowest BCUT2D eigenvalue weighted by molar-refractivity contribution is 0.580. The maximum atomic E-state index is 13.4. The Hall–Kier alpha value is -3.90. The number of aromatic nitrogens is 4. The molecule has 0 atom stereocenters. The van der Waals surface area contributed by atoms with Crippen molar-refractivity contribution < 1.29 is 0 Å². The van der Waals surface area contributed by atoms with Crippen LogP contribution in [-0.4, -0.2) is 19.7 Å². The second kappa shape index (κ2) is 7.66. The summed E-state index contributed by atoms with van der Waals surface area (Å²) in [6, 6.07) is 20.3. The third kappa shape index (κ3) is 3.16. The summed E-state index contributed by atoms with van der Waals surface area (Å²) < 4.78 is 2.46. The van der Waals surface area contributed by atoms with Gasteiger partial charge in [-0.05, 0) is 29.1 Å². The van der Waals surface area contributed by atoms with E-state index in [-0.39, 0.29) is 5.56 Å². The van der Waals surface area contributed by atoms with Crippen molar-refractivity contribution >= 4 is 43.1 Å². The van der Waals surface area contributed by atoms with Crippen molar-refractivity contribution in [3.63, 3.8) is 0 Å². The molecule has 6 aromatic rings. The summed E-state index contributed by atoms with van der Waals surface area (Å²) in [6.07, 6.45) is 6.08. The topological polar surface area (TPSA) is 60.7 Å². The number of aryl methyl sites for hydroxylation is 2. The third-order valence-corrected chi connectivity index (χ3v) is 6.71. The normalized spacial score (nSPS) is 11.5. The molecule has 0 spiro atoms. The Kier molecular flexibility index (Phi) is 4.51. The van der Waals surface area contributed by atoms with E-state index in [1.165, 1.54) is 0 Å². The van der Waals surface area contributed by atoms with Crippen molar-refractivity contribution in [1.29, 1.82) is 0 Å². The molecule has 0 aliphatic rings. The molecule has 154 valence electrons. The fraction of sp³-hybridized carbons (Fsp3) is 0.0769. The molecule has 0 N–H and O–H groups in total. The molecule has 0 saturated carbocycles. The average molecular weight is 435 g/mol. The number of pyridine rings is 2. The maximum Gasteiger partial charge on any atom is 0.276 e. The van der Waals surface area contributed by atoms with Crippen molar-refractivity contribution in [2.45, 2.75) is 13.0 Å². The molecule has 4 heterocycles. The average Bonchev–Trinajstić information content (AvgIpc) is 3.28. The number of nitrogens with zero attached hydrogens (tertiary/aromatic N) is 4. The lowest BCUT2D eigenvalue weighted by Crippen LogP contribution is -2.23. The first kappa shape index (κ1) is 18.8. The number of hydrogen-bond donors (Lipinski definition) is 0. The van der Waals surface area contributed by atoms with Crippen LogP contribution in [0, 0.1) is 0 Å². The van der Waals surface area contributed by atoms with Crippen molar-refractivity contribution in [1.82, 2.24) is 19.7 Å². The minimum atomic E-state index is -0.0643. The predicted molar refractivity (Wildman–Crippen MR) is 130 cm³/mol. The Balaban J connectivity index is 1.40. The zero-order valence-corrected chi connectivity index (χ0v) is 17.9. The summed E-state index contributed by atoms with van der Waals surface area (Å²) in [7, 11) is 0. The molecule has 0 saturated heterocycles. The number of para-hydroxylation sites is 1. The van der Waals surface area contributed by atoms with Gasteiger partial charge in [-0.25, -0.2) is 4.68 Å². The molecule has 6 rings (SSSR count). The van der Waals surface area contributed by atoms with E-state index in [2.05, 4.69) is 27.6 Å². The van der Waals surface area contributed by atoms with Gasteiger partial charge >= 0.3 is 0 Å². The Morgan fingerprint density at radius 3 is 2.75 bits per heavy atom. The van der Waals surface area contributed by atoms with Crippen LogP contribution in [0.3, 0.4) is 0 Å². The first-order valence-electron chi connectivity index (χ1n) is 10.4. The molecule has 32 heavy (non-hydrogen) atoms. The van der Waals surface area contributed by atoms with Gasteiger partial charge in [-0.15, -0.1) is 11.3 Å². The Labute approximate surface area is 187 Å². The van der Waals surface area contributed by atoms with Crippen LogP contribution in [-0.2, 0) is 13.0 Å². The SMILES string of the molecule is O=c1c2c(-c3cccc4cnccc34)csc2cnn1CCc1ccc2ccccc2n1. The Morgan fingerprint density at radius 1 is 0.875 bits per heavy atom. The van der Waals surface area contributed by atoms with E-state index in [1.807, 2.05) is 54.7 Å². The predicted octanol–water partition coefficient (Wildman–Crippen LogP) is 5.46. The molecular weight excluding hydrogens is 416 g/mol. The molecule has 0 unspecified atom stereocenters. The van der Waals surface area contributed by atoms with E-state index in [4.69, 9.17) is 4.98 Å². The van der Waals surface area contributed by atoms with Gasteiger partial charge in [0.1, 0.15) is 0 Å². The largest absolute Gasteiger partial charge is 0.276 e. The minimum Gasteiger partial charge on any atom is -0.267 e. The fourth-order valence-electron chi connectivity index (χ4n) is 4.17. The van der Waals surface area contributed by atoms with Gasteiger partial charge in [-0.1, -0.05) is 42.5 Å². The summed E-state index contributed by atoms with van der Waals surface area (Å²) >= 11 is 1.55. The molecule has 0 bridgehead atoms. The first-order chi connectivity index (χ1) is 15.8. The van der Waals surface area contributed by atoms with E-state index in [1.54, 1.807) is 28.4 Å². The van der Waals surface area contributed by atoms with Gasteiger partial charge < -0.3 is 0 Å². The molecule has 0 radical (unpaired) electrons. The fourth-order valence-corrected chi connectivity index (χ4v) is 5.09. The first-order valence-corrected chi connectivity index (χ1v) is 11.3. The quantitative estimate of drug-likeness (QED) is 0.369. The summed E-state index contributed by atoms with van der Waals surface area (Å²) in [4.78, 5) is 22.4. The standard InChI is InChI=1S/C26H18N4OS/c31-26-25-22(21-6-3-5-18-14-27-12-10-20(18)21)16-32-24(25)15-28-30(26)13-11-19-9-8-17-4-1-2-7-23(17)29-19/h1-10,12,14-16H,11,13H2. The lowest BCUT2D eigenvalue weighted by atomic mass is 10.00. The number of rotatable bonds is 4. The van der Waals surface area contributed by atoms with E-state index < -0.39 is 0 Å². The van der Waals surface area contributed by atoms with E-state index >= 15 is 0 Å². The molecule has 6 heteroatoms. The highest BCUT2D eigenvalue weighted by atomic mass is 32.1. The molecule has 0 aliphatic heterocycles. The van der Waals surface area contributed by atoms with E-state index in [0.717, 1.165) is 48.6 Å². The van der Waals surface area contributed by atoms with Crippen LogP contribution < -0.4 is 5.56 Å². The second-order valence-electron chi connectivity index (χ2n) is 7.71. The van der Waals surface area contributed by atoms with Crippen LogP contribution in [0.25, 0.3) is 42.9 Å². The molecular formula is C26H18N4OS. The van der Waals surface area contributed by atoms with Crippen molar-refractivity contribution in [3.05, 3.63) is 101 Å². The van der Waals surface area contributed by atoms with Crippen LogP contribution in [0.15, 0.2) is 89.4 Å². The minimum absolute atomic E-state index is 0.0643. The van der Waals surface area contributed by atoms with Gasteiger partial charge in [0.15, 0.2) is 0 Å². The smallest absolute Gasteiger partial charge is 0.267 e. The summed E-state index contributed by atoms with van der Waals surface area (Å²) in [5.74, 6) is 0. The molecule has 2 aromatic carbocycles. The van der Waals surface area contributed by atoms with E-state index in [0.29, 0.717) is 13.0 Å². The number of thiophene rings is 1. The van der Waals surface area contributed by atoms with Crippen LogP contribution in [0.2, 0.25) is 0 Å². The molecule has 0 fully saturated rings. The molecule has 0 amide bonds.